The summed E-state index contributed by atoms with van der Waals surface area (Å²) in [5, 5.41) is 0.728. The van der Waals surface area contributed by atoms with Gasteiger partial charge < -0.3 is 4.98 Å². The van der Waals surface area contributed by atoms with Crippen molar-refractivity contribution >= 4 is 23.1 Å². The third-order valence-corrected chi connectivity index (χ3v) is 5.13. The molecule has 0 amide bonds. The molecule has 0 bridgehead atoms. The van der Waals surface area contributed by atoms with Crippen molar-refractivity contribution in [1.82, 2.24) is 9.55 Å². The van der Waals surface area contributed by atoms with E-state index in [0.29, 0.717) is 16.6 Å². The van der Waals surface area contributed by atoms with Gasteiger partial charge in [-0.1, -0.05) is 38.8 Å². The molecule has 3 nitrogen and oxygen atoms in total. The van der Waals surface area contributed by atoms with Crippen LogP contribution in [-0.2, 0) is 0 Å². The van der Waals surface area contributed by atoms with Crippen LogP contribution in [0.2, 0.25) is 0 Å². The van der Waals surface area contributed by atoms with Gasteiger partial charge >= 0.3 is 0 Å². The number of H-pyrrole nitrogens is 1. The topological polar surface area (TPSA) is 37.8 Å². The monoisotopic (exact) mass is 288 g/mol. The molecule has 0 unspecified atom stereocenters. The summed E-state index contributed by atoms with van der Waals surface area (Å²) in [5.41, 5.74) is 0.880. The summed E-state index contributed by atoms with van der Waals surface area (Å²) in [6, 6.07) is 7.82. The van der Waals surface area contributed by atoms with Gasteiger partial charge in [0.25, 0.3) is 5.56 Å². The second-order valence-electron chi connectivity index (χ2n) is 5.99. The van der Waals surface area contributed by atoms with Gasteiger partial charge in [-0.05, 0) is 42.6 Å². The van der Waals surface area contributed by atoms with E-state index in [-0.39, 0.29) is 11.6 Å². The quantitative estimate of drug-likeness (QED) is 0.804. The molecule has 0 saturated heterocycles. The van der Waals surface area contributed by atoms with Crippen LogP contribution in [-0.4, -0.2) is 9.55 Å². The fourth-order valence-corrected chi connectivity index (χ4v) is 3.72. The molecular formula is C16H20N2OS. The highest BCUT2D eigenvalue weighted by atomic mass is 32.1. The number of para-hydroxylation sites is 1. The molecule has 4 heteroatoms. The zero-order valence-electron chi connectivity index (χ0n) is 11.9. The van der Waals surface area contributed by atoms with E-state index in [0.717, 1.165) is 17.3 Å². The maximum atomic E-state index is 12.8. The number of nitrogens with one attached hydrogen (secondary N) is 1. The highest BCUT2D eigenvalue weighted by molar-refractivity contribution is 7.71. The molecule has 1 aliphatic carbocycles. The minimum atomic E-state index is 0.0512. The predicted octanol–water partition coefficient (Wildman–Crippen LogP) is 4.06. The van der Waals surface area contributed by atoms with E-state index < -0.39 is 0 Å². The molecule has 2 aromatic rings. The summed E-state index contributed by atoms with van der Waals surface area (Å²) >= 11 is 5.45. The van der Waals surface area contributed by atoms with Crippen molar-refractivity contribution in [2.24, 2.45) is 11.8 Å². The van der Waals surface area contributed by atoms with Crippen molar-refractivity contribution in [3.05, 3.63) is 39.4 Å². The third kappa shape index (κ3) is 2.12. The fraction of sp³-hybridized carbons (Fsp3) is 0.500. The van der Waals surface area contributed by atoms with E-state index in [1.807, 2.05) is 28.8 Å². The van der Waals surface area contributed by atoms with Crippen LogP contribution in [0.5, 0.6) is 0 Å². The Balaban J connectivity index is 2.21. The van der Waals surface area contributed by atoms with Crippen LogP contribution in [0.4, 0.5) is 0 Å². The fourth-order valence-electron chi connectivity index (χ4n) is 3.40. The number of nitrogens with zero attached hydrogens (tertiary/aromatic N) is 1. The number of hydrogen-bond donors (Lipinski definition) is 1. The minimum Gasteiger partial charge on any atom is -0.332 e. The Morgan fingerprint density at radius 2 is 2.00 bits per heavy atom. The van der Waals surface area contributed by atoms with Crippen molar-refractivity contribution in [3.8, 4) is 0 Å². The van der Waals surface area contributed by atoms with Crippen LogP contribution in [0.25, 0.3) is 10.9 Å². The Labute approximate surface area is 123 Å². The van der Waals surface area contributed by atoms with Crippen molar-refractivity contribution in [2.45, 2.75) is 39.2 Å². The number of benzene rings is 1. The Morgan fingerprint density at radius 3 is 2.80 bits per heavy atom. The highest BCUT2D eigenvalue weighted by Crippen LogP contribution is 2.37. The second kappa shape index (κ2) is 5.17. The third-order valence-electron chi connectivity index (χ3n) is 4.83. The van der Waals surface area contributed by atoms with E-state index >= 15 is 0 Å². The summed E-state index contributed by atoms with van der Waals surface area (Å²) in [6.45, 7) is 4.51. The van der Waals surface area contributed by atoms with Crippen LogP contribution in [0.1, 0.15) is 39.2 Å². The van der Waals surface area contributed by atoms with Gasteiger partial charge in [0.1, 0.15) is 0 Å². The normalized spacial score (nSPS) is 26.8. The molecular weight excluding hydrogens is 268 g/mol. The molecule has 0 spiro atoms. The summed E-state index contributed by atoms with van der Waals surface area (Å²) in [6.07, 6.45) is 3.46. The zero-order chi connectivity index (χ0) is 14.3. The molecule has 0 aliphatic heterocycles. The second-order valence-corrected chi connectivity index (χ2v) is 6.37. The first-order valence-corrected chi connectivity index (χ1v) is 7.74. The van der Waals surface area contributed by atoms with E-state index in [1.54, 1.807) is 0 Å². The predicted molar refractivity (Wildman–Crippen MR) is 84.6 cm³/mol. The van der Waals surface area contributed by atoms with Gasteiger partial charge in [0.05, 0.1) is 10.9 Å². The molecule has 1 aliphatic rings. The number of hydrogen-bond acceptors (Lipinski definition) is 2. The lowest BCUT2D eigenvalue weighted by atomic mass is 9.78. The average molecular weight is 288 g/mol. The maximum absolute atomic E-state index is 12.8. The Bertz CT molecular complexity index is 746. The zero-order valence-corrected chi connectivity index (χ0v) is 12.7. The molecule has 1 fully saturated rings. The summed E-state index contributed by atoms with van der Waals surface area (Å²) in [7, 11) is 0. The molecule has 1 N–H and O–H groups in total. The van der Waals surface area contributed by atoms with E-state index in [1.165, 1.54) is 12.8 Å². The molecule has 3 rings (SSSR count). The molecule has 106 valence electrons. The van der Waals surface area contributed by atoms with Gasteiger partial charge in [0.2, 0.25) is 0 Å². The lowest BCUT2D eigenvalue weighted by Crippen LogP contribution is -2.34. The van der Waals surface area contributed by atoms with E-state index in [9.17, 15) is 4.79 Å². The van der Waals surface area contributed by atoms with Gasteiger partial charge in [-0.2, -0.15) is 0 Å². The number of aromatic amines is 1. The molecule has 0 radical (unpaired) electrons. The molecule has 1 heterocycles. The van der Waals surface area contributed by atoms with Gasteiger partial charge in [-0.15, -0.1) is 0 Å². The largest absolute Gasteiger partial charge is 0.332 e. The van der Waals surface area contributed by atoms with Crippen molar-refractivity contribution in [2.75, 3.05) is 0 Å². The average Bonchev–Trinajstić information content (AvgIpc) is 2.43. The first-order chi connectivity index (χ1) is 9.59. The first kappa shape index (κ1) is 13.6. The standard InChI is InChI=1S/C16H20N2OS/c1-10-6-5-9-14(11(10)2)18-15(19)12-7-3-4-8-13(12)17-16(18)20/h3-4,7-8,10-11,14H,5-6,9H2,1-2H3,(H,17,20)/t10-,11+,14-/m1/s1. The summed E-state index contributed by atoms with van der Waals surface area (Å²) in [4.78, 5) is 16.0. The maximum Gasteiger partial charge on any atom is 0.262 e. The smallest absolute Gasteiger partial charge is 0.262 e. The Morgan fingerprint density at radius 1 is 1.25 bits per heavy atom. The molecule has 20 heavy (non-hydrogen) atoms. The van der Waals surface area contributed by atoms with Crippen LogP contribution < -0.4 is 5.56 Å². The van der Waals surface area contributed by atoms with Gasteiger partial charge in [0, 0.05) is 6.04 Å². The number of aromatic nitrogens is 2. The SMILES string of the molecule is C[C@H]1[C@H](C)CCC[C@H]1n1c(=S)[nH]c2ccccc2c1=O. The van der Waals surface area contributed by atoms with Crippen LogP contribution in [0.3, 0.4) is 0 Å². The van der Waals surface area contributed by atoms with Crippen LogP contribution >= 0.6 is 12.2 Å². The van der Waals surface area contributed by atoms with Crippen molar-refractivity contribution in [3.63, 3.8) is 0 Å². The lowest BCUT2D eigenvalue weighted by molar-refractivity contribution is 0.181. The van der Waals surface area contributed by atoms with Crippen molar-refractivity contribution in [1.29, 1.82) is 0 Å². The van der Waals surface area contributed by atoms with Crippen LogP contribution in [0.15, 0.2) is 29.1 Å². The van der Waals surface area contributed by atoms with Gasteiger partial charge in [-0.25, -0.2) is 0 Å². The minimum absolute atomic E-state index is 0.0512. The highest BCUT2D eigenvalue weighted by Gasteiger charge is 2.29. The number of fused-ring (bicyclic) bond motifs is 1. The Kier molecular flexibility index (Phi) is 3.50. The molecule has 1 aromatic heterocycles. The molecule has 3 atom stereocenters. The van der Waals surface area contributed by atoms with Crippen molar-refractivity contribution < 1.29 is 0 Å². The summed E-state index contributed by atoms with van der Waals surface area (Å²) < 4.78 is 2.37. The number of rotatable bonds is 1. The van der Waals surface area contributed by atoms with E-state index in [2.05, 4.69) is 18.8 Å². The molecule has 1 aromatic carbocycles. The van der Waals surface area contributed by atoms with Gasteiger partial charge in [-0.3, -0.25) is 9.36 Å². The van der Waals surface area contributed by atoms with Crippen LogP contribution in [0, 0.1) is 16.6 Å². The lowest BCUT2D eigenvalue weighted by Gasteiger charge is -2.35. The summed E-state index contributed by atoms with van der Waals surface area (Å²) in [5.74, 6) is 1.12. The van der Waals surface area contributed by atoms with E-state index in [4.69, 9.17) is 12.2 Å². The van der Waals surface area contributed by atoms with Gasteiger partial charge in [0.15, 0.2) is 4.77 Å². The first-order valence-electron chi connectivity index (χ1n) is 7.33. The molecule has 1 saturated carbocycles. The Hall–Kier alpha value is -1.42.